The van der Waals surface area contributed by atoms with E-state index in [0.717, 1.165) is 44.1 Å². The van der Waals surface area contributed by atoms with Crippen molar-refractivity contribution in [3.63, 3.8) is 0 Å². The molecule has 0 fully saturated rings. The second-order valence-electron chi connectivity index (χ2n) is 9.39. The minimum Gasteiger partial charge on any atom is -0.494 e. The van der Waals surface area contributed by atoms with Crippen LogP contribution in [0.2, 0.25) is 5.02 Å². The number of amides is 1. The average molecular weight is 592 g/mol. The molecule has 1 amide bonds. The molecule has 6 aromatic rings. The lowest BCUT2D eigenvalue weighted by molar-refractivity contribution is -0.118. The Morgan fingerprint density at radius 3 is 2.26 bits per heavy atom. The van der Waals surface area contributed by atoms with Crippen LogP contribution in [0.15, 0.2) is 113 Å². The minimum absolute atomic E-state index is 0.101. The molecule has 0 radical (unpaired) electrons. The average Bonchev–Trinajstić information content (AvgIpc) is 3.44. The first-order chi connectivity index (χ1) is 20.6. The number of benzene rings is 5. The second kappa shape index (κ2) is 12.5. The van der Waals surface area contributed by atoms with Gasteiger partial charge in [0.2, 0.25) is 0 Å². The van der Waals surface area contributed by atoms with Crippen molar-refractivity contribution in [3.05, 3.63) is 114 Å². The summed E-state index contributed by atoms with van der Waals surface area (Å²) in [5.74, 6) is 1.26. The highest BCUT2D eigenvalue weighted by molar-refractivity contribution is 7.99. The van der Waals surface area contributed by atoms with Crippen LogP contribution in [0, 0.1) is 0 Å². The van der Waals surface area contributed by atoms with Crippen LogP contribution in [0.1, 0.15) is 12.5 Å². The lowest BCUT2D eigenvalue weighted by Gasteiger charge is -2.11. The van der Waals surface area contributed by atoms with Crippen molar-refractivity contribution in [2.75, 3.05) is 12.4 Å². The molecule has 0 atom stereocenters. The van der Waals surface area contributed by atoms with E-state index in [1.54, 1.807) is 6.21 Å². The highest BCUT2D eigenvalue weighted by atomic mass is 35.5. The van der Waals surface area contributed by atoms with Gasteiger partial charge < -0.3 is 4.74 Å². The van der Waals surface area contributed by atoms with Gasteiger partial charge in [-0.1, -0.05) is 71.9 Å². The molecular formula is C33H26ClN5O2S. The first-order valence-corrected chi connectivity index (χ1v) is 14.8. The molecule has 9 heteroatoms. The van der Waals surface area contributed by atoms with Gasteiger partial charge in [-0.15, -0.1) is 10.2 Å². The van der Waals surface area contributed by atoms with Crippen molar-refractivity contribution in [3.8, 4) is 22.8 Å². The maximum Gasteiger partial charge on any atom is 0.250 e. The number of ether oxygens (including phenoxy) is 1. The molecule has 0 aliphatic rings. The Balaban J connectivity index is 1.23. The number of thioether (sulfide) groups is 1. The van der Waals surface area contributed by atoms with Gasteiger partial charge in [0, 0.05) is 21.8 Å². The van der Waals surface area contributed by atoms with Crippen molar-refractivity contribution in [2.24, 2.45) is 5.10 Å². The third-order valence-corrected chi connectivity index (χ3v) is 7.85. The van der Waals surface area contributed by atoms with Crippen molar-refractivity contribution < 1.29 is 9.53 Å². The Kier molecular flexibility index (Phi) is 8.16. The summed E-state index contributed by atoms with van der Waals surface area (Å²) in [6.45, 7) is 2.53. The topological polar surface area (TPSA) is 81.4 Å². The number of halogens is 1. The normalized spacial score (nSPS) is 11.4. The largest absolute Gasteiger partial charge is 0.494 e. The SMILES string of the molecule is CCOc1ccc(-n2c(SCC(=O)N/N=C\c3c4ccccc4cc4ccccc34)nnc2-c2ccc(Cl)cc2)cc1. The second-order valence-corrected chi connectivity index (χ2v) is 10.8. The van der Waals surface area contributed by atoms with Crippen LogP contribution in [0.3, 0.4) is 0 Å². The van der Waals surface area contributed by atoms with E-state index in [2.05, 4.69) is 51.1 Å². The number of nitrogens with zero attached hydrogens (tertiary/aromatic N) is 4. The van der Waals surface area contributed by atoms with Gasteiger partial charge in [0.1, 0.15) is 5.75 Å². The van der Waals surface area contributed by atoms with Gasteiger partial charge in [0.15, 0.2) is 11.0 Å². The molecule has 0 aliphatic heterocycles. The fourth-order valence-corrected chi connectivity index (χ4v) is 5.63. The van der Waals surface area contributed by atoms with Crippen molar-refractivity contribution >= 4 is 57.0 Å². The van der Waals surface area contributed by atoms with Gasteiger partial charge in [-0.05, 0) is 83.1 Å². The number of nitrogens with one attached hydrogen (secondary N) is 1. The van der Waals surface area contributed by atoms with Gasteiger partial charge in [0.05, 0.1) is 18.6 Å². The van der Waals surface area contributed by atoms with E-state index in [0.29, 0.717) is 22.6 Å². The Bertz CT molecular complexity index is 1850. The fourth-order valence-electron chi connectivity index (χ4n) is 4.76. The molecule has 0 aliphatic carbocycles. The minimum atomic E-state index is -0.255. The zero-order chi connectivity index (χ0) is 28.9. The van der Waals surface area contributed by atoms with Crippen LogP contribution in [0.5, 0.6) is 5.75 Å². The summed E-state index contributed by atoms with van der Waals surface area (Å²) in [6.07, 6.45) is 1.72. The predicted molar refractivity (Wildman–Crippen MR) is 171 cm³/mol. The van der Waals surface area contributed by atoms with E-state index in [-0.39, 0.29) is 11.7 Å². The Labute approximate surface area is 252 Å². The Hall–Kier alpha value is -4.66. The van der Waals surface area contributed by atoms with Gasteiger partial charge >= 0.3 is 0 Å². The maximum atomic E-state index is 12.9. The molecule has 7 nitrogen and oxygen atoms in total. The van der Waals surface area contributed by atoms with Crippen molar-refractivity contribution in [2.45, 2.75) is 12.1 Å². The zero-order valence-electron chi connectivity index (χ0n) is 22.7. The zero-order valence-corrected chi connectivity index (χ0v) is 24.3. The predicted octanol–water partition coefficient (Wildman–Crippen LogP) is 7.54. The summed E-state index contributed by atoms with van der Waals surface area (Å²) >= 11 is 7.39. The molecule has 0 spiro atoms. The van der Waals surface area contributed by atoms with E-state index >= 15 is 0 Å². The number of carbonyl (C=O) groups is 1. The molecule has 0 saturated carbocycles. The number of rotatable bonds is 9. The fraction of sp³-hybridized carbons (Fsp3) is 0.0909. The number of aromatic nitrogens is 3. The van der Waals surface area contributed by atoms with E-state index in [4.69, 9.17) is 16.3 Å². The highest BCUT2D eigenvalue weighted by Gasteiger charge is 2.18. The van der Waals surface area contributed by atoms with E-state index in [9.17, 15) is 4.79 Å². The molecular weight excluding hydrogens is 566 g/mol. The molecule has 1 N–H and O–H groups in total. The highest BCUT2D eigenvalue weighted by Crippen LogP contribution is 2.30. The van der Waals surface area contributed by atoms with E-state index in [1.807, 2.05) is 84.3 Å². The van der Waals surface area contributed by atoms with Crippen LogP contribution in [-0.2, 0) is 4.79 Å². The smallest absolute Gasteiger partial charge is 0.250 e. The molecule has 0 unspecified atom stereocenters. The van der Waals surface area contributed by atoms with Crippen LogP contribution < -0.4 is 10.2 Å². The number of hydrogen-bond acceptors (Lipinski definition) is 6. The maximum absolute atomic E-state index is 12.9. The number of hydrogen-bond donors (Lipinski definition) is 1. The van der Waals surface area contributed by atoms with Crippen molar-refractivity contribution in [1.82, 2.24) is 20.2 Å². The molecule has 1 aromatic heterocycles. The molecule has 208 valence electrons. The van der Waals surface area contributed by atoms with Crippen molar-refractivity contribution in [1.29, 1.82) is 0 Å². The van der Waals surface area contributed by atoms with Crippen LogP contribution >= 0.6 is 23.4 Å². The number of fused-ring (bicyclic) bond motifs is 2. The Morgan fingerprint density at radius 1 is 0.929 bits per heavy atom. The summed E-state index contributed by atoms with van der Waals surface area (Å²) in [5.41, 5.74) is 5.33. The molecule has 1 heterocycles. The first-order valence-electron chi connectivity index (χ1n) is 13.4. The molecule has 6 rings (SSSR count). The summed E-state index contributed by atoms with van der Waals surface area (Å²) in [4.78, 5) is 12.9. The molecule has 5 aromatic carbocycles. The lowest BCUT2D eigenvalue weighted by Crippen LogP contribution is -2.20. The summed E-state index contributed by atoms with van der Waals surface area (Å²) in [6, 6.07) is 33.6. The summed E-state index contributed by atoms with van der Waals surface area (Å²) in [7, 11) is 0. The molecule has 42 heavy (non-hydrogen) atoms. The third-order valence-electron chi connectivity index (χ3n) is 6.67. The van der Waals surface area contributed by atoms with Gasteiger partial charge in [0.25, 0.3) is 5.91 Å². The lowest BCUT2D eigenvalue weighted by atomic mass is 9.97. The van der Waals surface area contributed by atoms with Crippen LogP contribution in [0.4, 0.5) is 0 Å². The first kappa shape index (κ1) is 27.5. The summed E-state index contributed by atoms with van der Waals surface area (Å²) < 4.78 is 7.52. The van der Waals surface area contributed by atoms with E-state index < -0.39 is 0 Å². The molecule has 0 saturated heterocycles. The van der Waals surface area contributed by atoms with Gasteiger partial charge in [-0.3, -0.25) is 9.36 Å². The van der Waals surface area contributed by atoms with Gasteiger partial charge in [-0.2, -0.15) is 5.10 Å². The number of carbonyl (C=O) groups excluding carboxylic acids is 1. The van der Waals surface area contributed by atoms with Crippen LogP contribution in [-0.4, -0.2) is 39.2 Å². The quantitative estimate of drug-likeness (QED) is 0.0813. The number of hydrazone groups is 1. The molecule has 0 bridgehead atoms. The van der Waals surface area contributed by atoms with Gasteiger partial charge in [-0.25, -0.2) is 5.43 Å². The Morgan fingerprint density at radius 2 is 1.60 bits per heavy atom. The third kappa shape index (κ3) is 5.86. The van der Waals surface area contributed by atoms with Crippen LogP contribution in [0.25, 0.3) is 38.6 Å². The standard InChI is InChI=1S/C33H26ClN5O2S/c1-2-41-27-17-15-26(16-18-27)39-32(22-11-13-25(34)14-12-22)37-38-33(39)42-21-31(40)36-35-20-30-28-9-5-3-7-23(28)19-24-8-4-6-10-29(24)30/h3-20H,2,21H2,1H3,(H,36,40)/b35-20-. The summed E-state index contributed by atoms with van der Waals surface area (Å²) in [5, 5.41) is 18.8. The monoisotopic (exact) mass is 591 g/mol. The van der Waals surface area contributed by atoms with E-state index in [1.165, 1.54) is 11.8 Å².